The van der Waals surface area contributed by atoms with Gasteiger partial charge in [-0.1, -0.05) is 37.3 Å². The maximum absolute atomic E-state index is 12.3. The number of aliphatic carboxylic acids is 1. The van der Waals surface area contributed by atoms with E-state index in [1.165, 1.54) is 24.3 Å². The normalized spacial score (nSPS) is 14.5. The Morgan fingerprint density at radius 2 is 1.73 bits per heavy atom. The van der Waals surface area contributed by atoms with E-state index in [9.17, 15) is 18.3 Å². The molecule has 0 amide bonds. The van der Waals surface area contributed by atoms with Crippen LogP contribution in [0.15, 0.2) is 64.6 Å². The number of hydrogen-bond acceptors (Lipinski definition) is 6. The molecule has 0 saturated heterocycles. The summed E-state index contributed by atoms with van der Waals surface area (Å²) in [6.45, 7) is 1.72. The van der Waals surface area contributed by atoms with E-state index in [0.717, 1.165) is 6.26 Å². The summed E-state index contributed by atoms with van der Waals surface area (Å²) in [4.78, 5) is 12.4. The Labute approximate surface area is 152 Å². The van der Waals surface area contributed by atoms with Crippen LogP contribution in [0.25, 0.3) is 0 Å². The molecule has 26 heavy (non-hydrogen) atoms. The number of carbonyl (C=O) groups is 1. The number of rotatable bonds is 7. The lowest BCUT2D eigenvalue weighted by atomic mass is 9.87. The van der Waals surface area contributed by atoms with Gasteiger partial charge in [0.2, 0.25) is 0 Å². The highest BCUT2D eigenvalue weighted by molar-refractivity contribution is 7.90. The number of nitrogens with two attached hydrogens (primary N) is 1. The molecule has 1 unspecified atom stereocenters. The van der Waals surface area contributed by atoms with Crippen LogP contribution in [-0.2, 0) is 20.2 Å². The molecule has 0 saturated carbocycles. The van der Waals surface area contributed by atoms with Crippen LogP contribution in [0.5, 0.6) is 5.75 Å². The average molecular weight is 376 g/mol. The van der Waals surface area contributed by atoms with Crippen LogP contribution in [0.4, 0.5) is 0 Å². The maximum Gasteiger partial charge on any atom is 0.359 e. The predicted molar refractivity (Wildman–Crippen MR) is 97.8 cm³/mol. The number of hydrogen-bond donors (Lipinski definition) is 2. The largest absolute Gasteiger partial charge is 0.478 e. The van der Waals surface area contributed by atoms with Crippen LogP contribution in [0.1, 0.15) is 18.9 Å². The molecule has 0 spiro atoms. The molecule has 0 heterocycles. The molecule has 1 atom stereocenters. The van der Waals surface area contributed by atoms with Crippen molar-refractivity contribution in [3.05, 3.63) is 60.2 Å². The molecular weight excluding hydrogens is 356 g/mol. The van der Waals surface area contributed by atoms with Crippen molar-refractivity contribution in [2.24, 2.45) is 10.9 Å². The van der Waals surface area contributed by atoms with Crippen molar-refractivity contribution >= 4 is 21.5 Å². The van der Waals surface area contributed by atoms with Crippen LogP contribution in [0.3, 0.4) is 0 Å². The quantitative estimate of drug-likeness (QED) is 0.434. The molecule has 0 aliphatic rings. The molecule has 0 aliphatic heterocycles. The fourth-order valence-corrected chi connectivity index (χ4v) is 3.24. The summed E-state index contributed by atoms with van der Waals surface area (Å²) in [6, 6.07) is 13.9. The Hall–Kier alpha value is -2.87. The lowest BCUT2D eigenvalue weighted by Gasteiger charge is -2.31. The van der Waals surface area contributed by atoms with E-state index in [1.54, 1.807) is 37.3 Å². The Morgan fingerprint density at radius 1 is 1.15 bits per heavy atom. The zero-order valence-electron chi connectivity index (χ0n) is 14.4. The molecule has 0 aliphatic carbocycles. The van der Waals surface area contributed by atoms with Crippen LogP contribution < -0.4 is 10.6 Å². The number of carboxylic acids is 1. The maximum atomic E-state index is 12.3. The van der Waals surface area contributed by atoms with Crippen molar-refractivity contribution in [1.82, 2.24) is 0 Å². The summed E-state index contributed by atoms with van der Waals surface area (Å²) in [6.07, 6.45) is 1.34. The van der Waals surface area contributed by atoms with Crippen molar-refractivity contribution in [3.63, 3.8) is 0 Å². The Bertz CT molecular complexity index is 908. The molecule has 138 valence electrons. The molecule has 2 aromatic carbocycles. The topological polar surface area (TPSA) is 119 Å². The van der Waals surface area contributed by atoms with Gasteiger partial charge in [-0.05, 0) is 30.7 Å². The van der Waals surface area contributed by atoms with E-state index >= 15 is 0 Å². The first kappa shape index (κ1) is 19.5. The second kappa shape index (κ2) is 7.57. The molecular formula is C18H20N2O5S. The van der Waals surface area contributed by atoms with Crippen molar-refractivity contribution in [1.29, 1.82) is 0 Å². The van der Waals surface area contributed by atoms with E-state index in [1.807, 2.05) is 0 Å². The van der Waals surface area contributed by atoms with Gasteiger partial charge in [-0.15, -0.1) is 0 Å². The van der Waals surface area contributed by atoms with Crippen LogP contribution in [0.2, 0.25) is 0 Å². The van der Waals surface area contributed by atoms with Crippen LogP contribution in [0, 0.1) is 0 Å². The Morgan fingerprint density at radius 3 is 2.15 bits per heavy atom. The van der Waals surface area contributed by atoms with Crippen molar-refractivity contribution in [2.75, 3.05) is 6.26 Å². The van der Waals surface area contributed by atoms with Gasteiger partial charge < -0.3 is 15.7 Å². The van der Waals surface area contributed by atoms with E-state index in [0.29, 0.717) is 5.56 Å². The summed E-state index contributed by atoms with van der Waals surface area (Å²) < 4.78 is 29.0. The molecule has 0 bridgehead atoms. The second-order valence-electron chi connectivity index (χ2n) is 5.63. The van der Waals surface area contributed by atoms with Gasteiger partial charge in [0.05, 0.1) is 10.6 Å². The minimum atomic E-state index is -3.37. The van der Waals surface area contributed by atoms with Gasteiger partial charge in [0, 0.05) is 11.8 Å². The molecule has 0 aromatic heterocycles. The zero-order chi connectivity index (χ0) is 19.4. The average Bonchev–Trinajstić information content (AvgIpc) is 2.62. The molecule has 0 fully saturated rings. The van der Waals surface area contributed by atoms with Gasteiger partial charge in [-0.25, -0.2) is 13.2 Å². The SMILES string of the molecule is CCC(=NN)C(Oc1ccc(S(C)(=O)=O)cc1)(C(=O)O)c1ccccc1. The van der Waals surface area contributed by atoms with Crippen LogP contribution >= 0.6 is 0 Å². The van der Waals surface area contributed by atoms with E-state index in [-0.39, 0.29) is 22.8 Å². The zero-order valence-corrected chi connectivity index (χ0v) is 15.2. The summed E-state index contributed by atoms with van der Waals surface area (Å²) in [5, 5.41) is 13.6. The fraction of sp³-hybridized carbons (Fsp3) is 0.222. The summed E-state index contributed by atoms with van der Waals surface area (Å²) in [7, 11) is -3.37. The first-order valence-corrected chi connectivity index (χ1v) is 9.70. The van der Waals surface area contributed by atoms with E-state index < -0.39 is 21.4 Å². The first-order valence-electron chi connectivity index (χ1n) is 7.81. The first-order chi connectivity index (χ1) is 12.3. The minimum Gasteiger partial charge on any atom is -0.478 e. The smallest absolute Gasteiger partial charge is 0.359 e. The Balaban J connectivity index is 2.60. The third kappa shape index (κ3) is 3.70. The summed E-state index contributed by atoms with van der Waals surface area (Å²) in [5.41, 5.74) is -1.44. The van der Waals surface area contributed by atoms with Gasteiger partial charge in [0.25, 0.3) is 5.60 Å². The van der Waals surface area contributed by atoms with Gasteiger partial charge in [-0.3, -0.25) is 0 Å². The summed E-state index contributed by atoms with van der Waals surface area (Å²) >= 11 is 0. The Kier molecular flexibility index (Phi) is 5.66. The number of sulfone groups is 1. The second-order valence-corrected chi connectivity index (χ2v) is 7.64. The highest BCUT2D eigenvalue weighted by Gasteiger charge is 2.48. The number of carboxylic acid groups (broad SMARTS) is 1. The molecule has 0 radical (unpaired) electrons. The van der Waals surface area contributed by atoms with Gasteiger partial charge in [0.15, 0.2) is 9.84 Å². The standard InChI is InChI=1S/C18H20N2O5S/c1-3-16(20-19)18(17(21)22,13-7-5-4-6-8-13)25-14-9-11-15(12-10-14)26(2,23)24/h4-12H,3,19H2,1-2H3,(H,21,22). The number of ether oxygens (including phenoxy) is 1. The molecule has 2 rings (SSSR count). The monoisotopic (exact) mass is 376 g/mol. The lowest BCUT2D eigenvalue weighted by molar-refractivity contribution is -0.150. The highest BCUT2D eigenvalue weighted by atomic mass is 32.2. The lowest BCUT2D eigenvalue weighted by Crippen LogP contribution is -2.49. The van der Waals surface area contributed by atoms with Gasteiger partial charge in [0.1, 0.15) is 5.75 Å². The highest BCUT2D eigenvalue weighted by Crippen LogP contribution is 2.32. The van der Waals surface area contributed by atoms with Crippen LogP contribution in [-0.4, -0.2) is 31.5 Å². The third-order valence-corrected chi connectivity index (χ3v) is 5.03. The van der Waals surface area contributed by atoms with Crippen molar-refractivity contribution < 1.29 is 23.1 Å². The van der Waals surface area contributed by atoms with Gasteiger partial charge >= 0.3 is 5.97 Å². The predicted octanol–water partition coefficient (Wildman–Crippen LogP) is 2.17. The van der Waals surface area contributed by atoms with E-state index in [4.69, 9.17) is 10.6 Å². The van der Waals surface area contributed by atoms with Crippen molar-refractivity contribution in [3.8, 4) is 5.75 Å². The molecule has 7 nitrogen and oxygen atoms in total. The molecule has 3 N–H and O–H groups in total. The molecule has 2 aromatic rings. The summed E-state index contributed by atoms with van der Waals surface area (Å²) in [5.74, 6) is 4.35. The molecule has 8 heteroatoms. The van der Waals surface area contributed by atoms with E-state index in [2.05, 4.69) is 5.10 Å². The number of hydrazone groups is 1. The minimum absolute atomic E-state index is 0.105. The fourth-order valence-electron chi connectivity index (χ4n) is 2.61. The van der Waals surface area contributed by atoms with Gasteiger partial charge in [-0.2, -0.15) is 5.10 Å². The third-order valence-electron chi connectivity index (χ3n) is 3.90. The number of nitrogens with zero attached hydrogens (tertiary/aromatic N) is 1. The van der Waals surface area contributed by atoms with Crippen molar-refractivity contribution in [2.45, 2.75) is 23.8 Å². The number of benzene rings is 2.